The molecule has 1 aromatic heterocycles. The zero-order valence-electron chi connectivity index (χ0n) is 10.9. The first kappa shape index (κ1) is 15.8. The minimum atomic E-state index is -0.414. The predicted molar refractivity (Wildman–Crippen MR) is 85.0 cm³/mol. The summed E-state index contributed by atoms with van der Waals surface area (Å²) in [4.78, 5) is 24.6. The molecule has 0 fully saturated rings. The van der Waals surface area contributed by atoms with Crippen LogP contribution < -0.4 is 10.6 Å². The van der Waals surface area contributed by atoms with Crippen LogP contribution in [0.15, 0.2) is 35.7 Å². The molecule has 0 atom stereocenters. The predicted octanol–water partition coefficient (Wildman–Crippen LogP) is 3.10. The van der Waals surface area contributed by atoms with Gasteiger partial charge < -0.3 is 10.6 Å². The maximum absolute atomic E-state index is 11.9. The summed E-state index contributed by atoms with van der Waals surface area (Å²) in [5.41, 5.74) is 0.284. The number of halogens is 2. The van der Waals surface area contributed by atoms with Gasteiger partial charge in [0.1, 0.15) is 0 Å². The van der Waals surface area contributed by atoms with Crippen LogP contribution in [-0.4, -0.2) is 18.4 Å². The molecule has 0 unspecified atom stereocenters. The van der Waals surface area contributed by atoms with Gasteiger partial charge in [-0.15, -0.1) is 11.3 Å². The zero-order valence-corrected chi connectivity index (χ0v) is 13.2. The highest BCUT2D eigenvalue weighted by atomic mass is 35.5. The van der Waals surface area contributed by atoms with Gasteiger partial charge in [-0.3, -0.25) is 9.59 Å². The van der Waals surface area contributed by atoms with E-state index in [0.29, 0.717) is 11.6 Å². The number of hydrogen-bond acceptors (Lipinski definition) is 3. The number of rotatable bonds is 5. The van der Waals surface area contributed by atoms with Crippen molar-refractivity contribution in [3.8, 4) is 0 Å². The van der Waals surface area contributed by atoms with Crippen molar-refractivity contribution in [1.82, 2.24) is 10.6 Å². The van der Waals surface area contributed by atoms with Crippen LogP contribution in [0.2, 0.25) is 10.0 Å². The Hall–Kier alpha value is -1.56. The van der Waals surface area contributed by atoms with E-state index in [4.69, 9.17) is 23.2 Å². The van der Waals surface area contributed by atoms with Crippen molar-refractivity contribution >= 4 is 46.4 Å². The lowest BCUT2D eigenvalue weighted by Gasteiger charge is -2.07. The number of carbonyl (C=O) groups is 2. The van der Waals surface area contributed by atoms with Gasteiger partial charge in [0.2, 0.25) is 5.91 Å². The summed E-state index contributed by atoms with van der Waals surface area (Å²) in [7, 11) is 0. The highest BCUT2D eigenvalue weighted by Gasteiger charge is 2.11. The fourth-order valence-electron chi connectivity index (χ4n) is 1.59. The molecule has 0 bridgehead atoms. The first-order valence-corrected chi connectivity index (χ1v) is 7.72. The molecule has 0 aliphatic rings. The molecule has 2 aromatic rings. The summed E-state index contributed by atoms with van der Waals surface area (Å²) in [6.07, 6.45) is 0. The Kier molecular flexibility index (Phi) is 5.61. The van der Waals surface area contributed by atoms with E-state index in [0.717, 1.165) is 4.88 Å². The van der Waals surface area contributed by atoms with Crippen molar-refractivity contribution in [3.05, 3.63) is 56.2 Å². The monoisotopic (exact) mass is 342 g/mol. The number of hydrogen-bond donors (Lipinski definition) is 2. The number of thiophene rings is 1. The van der Waals surface area contributed by atoms with Crippen molar-refractivity contribution in [1.29, 1.82) is 0 Å². The molecule has 0 aliphatic carbocycles. The Balaban J connectivity index is 1.81. The molecule has 1 heterocycles. The first-order chi connectivity index (χ1) is 10.1. The molecule has 2 N–H and O–H groups in total. The van der Waals surface area contributed by atoms with E-state index in [2.05, 4.69) is 10.6 Å². The van der Waals surface area contributed by atoms with Crippen molar-refractivity contribution in [2.45, 2.75) is 6.54 Å². The van der Waals surface area contributed by atoms with E-state index < -0.39 is 5.91 Å². The number of carbonyl (C=O) groups excluding carboxylic acids is 2. The maximum Gasteiger partial charge on any atom is 0.253 e. The minimum absolute atomic E-state index is 0.108. The van der Waals surface area contributed by atoms with E-state index in [1.165, 1.54) is 12.1 Å². The van der Waals surface area contributed by atoms with Crippen molar-refractivity contribution < 1.29 is 9.59 Å². The third-order valence-electron chi connectivity index (χ3n) is 2.63. The van der Waals surface area contributed by atoms with E-state index in [1.807, 2.05) is 17.5 Å². The average Bonchev–Trinajstić information content (AvgIpc) is 2.95. The largest absolute Gasteiger partial charge is 0.350 e. The standard InChI is InChI=1S/C14H12Cl2N2O2S/c15-9-3-4-11(12(16)6-9)14(20)18-8-13(19)17-7-10-2-1-5-21-10/h1-6H,7-8H2,(H,17,19)(H,18,20). The average molecular weight is 343 g/mol. The summed E-state index contributed by atoms with van der Waals surface area (Å²) in [6.45, 7) is 0.344. The third kappa shape index (κ3) is 4.74. The smallest absolute Gasteiger partial charge is 0.253 e. The van der Waals surface area contributed by atoms with Crippen LogP contribution in [0.5, 0.6) is 0 Å². The number of amides is 2. The topological polar surface area (TPSA) is 58.2 Å². The number of benzene rings is 1. The van der Waals surface area contributed by atoms with Crippen molar-refractivity contribution in [2.24, 2.45) is 0 Å². The second-order valence-corrected chi connectivity index (χ2v) is 6.04. The zero-order chi connectivity index (χ0) is 15.2. The first-order valence-electron chi connectivity index (χ1n) is 6.08. The lowest BCUT2D eigenvalue weighted by molar-refractivity contribution is -0.120. The van der Waals surface area contributed by atoms with E-state index >= 15 is 0 Å². The minimum Gasteiger partial charge on any atom is -0.350 e. The summed E-state index contributed by atoms with van der Waals surface area (Å²) in [5, 5.41) is 7.87. The van der Waals surface area contributed by atoms with E-state index in [1.54, 1.807) is 17.4 Å². The van der Waals surface area contributed by atoms with Gasteiger partial charge in [-0.1, -0.05) is 29.3 Å². The summed E-state index contributed by atoms with van der Waals surface area (Å²) in [5.74, 6) is -0.676. The van der Waals surface area contributed by atoms with E-state index in [-0.39, 0.29) is 23.0 Å². The highest BCUT2D eigenvalue weighted by molar-refractivity contribution is 7.09. The SMILES string of the molecule is O=C(CNC(=O)c1ccc(Cl)cc1Cl)NCc1cccs1. The Morgan fingerprint density at radius 1 is 1.14 bits per heavy atom. The Morgan fingerprint density at radius 3 is 2.62 bits per heavy atom. The van der Waals surface area contributed by atoms with Gasteiger partial charge in [-0.05, 0) is 29.6 Å². The van der Waals surface area contributed by atoms with Crippen LogP contribution in [0.3, 0.4) is 0 Å². The molecule has 1 aromatic carbocycles. The van der Waals surface area contributed by atoms with Crippen molar-refractivity contribution in [2.75, 3.05) is 6.54 Å². The van der Waals surface area contributed by atoms with Gasteiger partial charge in [-0.25, -0.2) is 0 Å². The lowest BCUT2D eigenvalue weighted by Crippen LogP contribution is -2.36. The molecule has 0 spiro atoms. The molecule has 4 nitrogen and oxygen atoms in total. The second-order valence-electron chi connectivity index (χ2n) is 4.16. The Labute approximate surface area is 136 Å². The lowest BCUT2D eigenvalue weighted by atomic mass is 10.2. The molecule has 0 aliphatic heterocycles. The van der Waals surface area contributed by atoms with Crippen LogP contribution in [0.25, 0.3) is 0 Å². The van der Waals surface area contributed by atoms with E-state index in [9.17, 15) is 9.59 Å². The molecule has 0 radical (unpaired) electrons. The maximum atomic E-state index is 11.9. The third-order valence-corrected chi connectivity index (χ3v) is 4.05. The molecular weight excluding hydrogens is 331 g/mol. The van der Waals surface area contributed by atoms with Crippen LogP contribution >= 0.6 is 34.5 Å². The Bertz CT molecular complexity index is 644. The molecule has 110 valence electrons. The van der Waals surface area contributed by atoms with Gasteiger partial charge in [0.05, 0.1) is 23.7 Å². The molecule has 2 rings (SSSR count). The molecule has 2 amide bonds. The second kappa shape index (κ2) is 7.45. The fourth-order valence-corrected chi connectivity index (χ4v) is 2.73. The van der Waals surface area contributed by atoms with Gasteiger partial charge >= 0.3 is 0 Å². The van der Waals surface area contributed by atoms with Crippen molar-refractivity contribution in [3.63, 3.8) is 0 Å². The van der Waals surface area contributed by atoms with Gasteiger partial charge in [0, 0.05) is 9.90 Å². The van der Waals surface area contributed by atoms with Gasteiger partial charge in [-0.2, -0.15) is 0 Å². The van der Waals surface area contributed by atoms with Crippen LogP contribution in [0.1, 0.15) is 15.2 Å². The molecule has 21 heavy (non-hydrogen) atoms. The summed E-state index contributed by atoms with van der Waals surface area (Å²) >= 11 is 13.2. The van der Waals surface area contributed by atoms with Crippen LogP contribution in [0.4, 0.5) is 0 Å². The fraction of sp³-hybridized carbons (Fsp3) is 0.143. The molecule has 0 saturated carbocycles. The van der Waals surface area contributed by atoms with Crippen LogP contribution in [0, 0.1) is 0 Å². The summed E-state index contributed by atoms with van der Waals surface area (Å²) in [6, 6.07) is 8.41. The normalized spacial score (nSPS) is 10.2. The molecule has 0 saturated heterocycles. The molecule has 7 heteroatoms. The highest BCUT2D eigenvalue weighted by Crippen LogP contribution is 2.20. The van der Waals surface area contributed by atoms with Crippen LogP contribution in [-0.2, 0) is 11.3 Å². The van der Waals surface area contributed by atoms with Gasteiger partial charge in [0.15, 0.2) is 0 Å². The van der Waals surface area contributed by atoms with Gasteiger partial charge in [0.25, 0.3) is 5.91 Å². The number of nitrogens with one attached hydrogen (secondary N) is 2. The quantitative estimate of drug-likeness (QED) is 0.877. The Morgan fingerprint density at radius 2 is 1.95 bits per heavy atom. The summed E-state index contributed by atoms with van der Waals surface area (Å²) < 4.78 is 0. The molecular formula is C14H12Cl2N2O2S.